The summed E-state index contributed by atoms with van der Waals surface area (Å²) in [6.45, 7) is 4.54. The molecule has 2 N–H and O–H groups in total. The lowest BCUT2D eigenvalue weighted by atomic mass is 10.2. The minimum Gasteiger partial charge on any atom is -0.492 e. The Balaban J connectivity index is 1.59. The molecule has 1 fully saturated rings. The van der Waals surface area contributed by atoms with E-state index in [-0.39, 0.29) is 5.56 Å². The first-order valence-electron chi connectivity index (χ1n) is 7.46. The van der Waals surface area contributed by atoms with Crippen LogP contribution in [0.4, 0.5) is 0 Å². The van der Waals surface area contributed by atoms with Gasteiger partial charge < -0.3 is 15.2 Å². The molecule has 0 heterocycles. The van der Waals surface area contributed by atoms with E-state index in [0.717, 1.165) is 19.1 Å². The number of nitrogens with one attached hydrogen (secondary N) is 1. The first kappa shape index (κ1) is 15.8. The smallest absolute Gasteiger partial charge is 0.335 e. The van der Waals surface area contributed by atoms with Crippen molar-refractivity contribution in [3.8, 4) is 5.75 Å². The minimum atomic E-state index is -0.919. The van der Waals surface area contributed by atoms with Gasteiger partial charge in [-0.3, -0.25) is 4.90 Å². The number of nitrogens with zero attached hydrogens (tertiary/aromatic N) is 1. The van der Waals surface area contributed by atoms with Crippen molar-refractivity contribution in [2.45, 2.75) is 31.8 Å². The second kappa shape index (κ2) is 7.43. The third kappa shape index (κ3) is 5.02. The SMILES string of the molecule is CC(CNCCOc1ccc(C(=O)O)cc1)N(C)C1CC1. The van der Waals surface area contributed by atoms with E-state index < -0.39 is 5.97 Å². The van der Waals surface area contributed by atoms with Gasteiger partial charge >= 0.3 is 5.97 Å². The Hall–Kier alpha value is -1.59. The molecule has 0 aromatic heterocycles. The van der Waals surface area contributed by atoms with Crippen molar-refractivity contribution in [2.24, 2.45) is 0 Å². The molecule has 1 unspecified atom stereocenters. The third-order valence-corrected chi connectivity index (χ3v) is 3.91. The summed E-state index contributed by atoms with van der Waals surface area (Å²) >= 11 is 0. The fourth-order valence-electron chi connectivity index (χ4n) is 2.23. The molecule has 5 nitrogen and oxygen atoms in total. The second-order valence-corrected chi connectivity index (χ2v) is 5.63. The number of aromatic carboxylic acids is 1. The van der Waals surface area contributed by atoms with Crippen molar-refractivity contribution in [2.75, 3.05) is 26.7 Å². The average Bonchev–Trinajstić information content (AvgIpc) is 3.31. The molecule has 1 aliphatic rings. The van der Waals surface area contributed by atoms with Gasteiger partial charge in [-0.05, 0) is 51.1 Å². The standard InChI is InChI=1S/C16H24N2O3/c1-12(18(2)14-5-6-14)11-17-9-10-21-15-7-3-13(4-8-15)16(19)20/h3-4,7-8,12,14,17H,5-6,9-11H2,1-2H3,(H,19,20). The maximum Gasteiger partial charge on any atom is 0.335 e. The lowest BCUT2D eigenvalue weighted by Gasteiger charge is -2.24. The van der Waals surface area contributed by atoms with Crippen molar-refractivity contribution in [1.82, 2.24) is 10.2 Å². The van der Waals surface area contributed by atoms with Crippen LogP contribution >= 0.6 is 0 Å². The van der Waals surface area contributed by atoms with Crippen LogP contribution in [0, 0.1) is 0 Å². The van der Waals surface area contributed by atoms with Crippen molar-refractivity contribution in [3.05, 3.63) is 29.8 Å². The molecule has 2 rings (SSSR count). The normalized spacial score (nSPS) is 16.0. The lowest BCUT2D eigenvalue weighted by Crippen LogP contribution is -2.40. The Morgan fingerprint density at radius 2 is 2.10 bits per heavy atom. The van der Waals surface area contributed by atoms with Gasteiger partial charge in [0.05, 0.1) is 5.56 Å². The van der Waals surface area contributed by atoms with Gasteiger partial charge in [0, 0.05) is 25.2 Å². The minimum absolute atomic E-state index is 0.275. The predicted octanol–water partition coefficient (Wildman–Crippen LogP) is 1.84. The number of hydrogen-bond acceptors (Lipinski definition) is 4. The first-order valence-corrected chi connectivity index (χ1v) is 7.46. The summed E-state index contributed by atoms with van der Waals surface area (Å²) in [4.78, 5) is 13.2. The van der Waals surface area contributed by atoms with E-state index in [2.05, 4.69) is 24.2 Å². The van der Waals surface area contributed by atoms with Gasteiger partial charge in [0.15, 0.2) is 0 Å². The Bertz CT molecular complexity index is 457. The molecule has 116 valence electrons. The van der Waals surface area contributed by atoms with Crippen molar-refractivity contribution in [3.63, 3.8) is 0 Å². The number of carbonyl (C=O) groups is 1. The molecular weight excluding hydrogens is 268 g/mol. The van der Waals surface area contributed by atoms with E-state index in [1.807, 2.05) is 0 Å². The number of carboxylic acids is 1. The number of rotatable bonds is 9. The van der Waals surface area contributed by atoms with Gasteiger partial charge in [-0.25, -0.2) is 4.79 Å². The molecular formula is C16H24N2O3. The van der Waals surface area contributed by atoms with Crippen molar-refractivity contribution >= 4 is 5.97 Å². The van der Waals surface area contributed by atoms with E-state index in [4.69, 9.17) is 9.84 Å². The summed E-state index contributed by atoms with van der Waals surface area (Å²) in [5.74, 6) is -0.220. The van der Waals surface area contributed by atoms with E-state index in [1.54, 1.807) is 24.3 Å². The zero-order chi connectivity index (χ0) is 15.2. The predicted molar refractivity (Wildman–Crippen MR) is 82.0 cm³/mol. The molecule has 0 amide bonds. The molecule has 1 saturated carbocycles. The van der Waals surface area contributed by atoms with Gasteiger partial charge in [-0.2, -0.15) is 0 Å². The highest BCUT2D eigenvalue weighted by Gasteiger charge is 2.28. The molecule has 0 radical (unpaired) electrons. The molecule has 1 aromatic carbocycles. The fourth-order valence-corrected chi connectivity index (χ4v) is 2.23. The van der Waals surface area contributed by atoms with Crippen molar-refractivity contribution < 1.29 is 14.6 Å². The lowest BCUT2D eigenvalue weighted by molar-refractivity contribution is 0.0697. The molecule has 0 spiro atoms. The molecule has 1 aromatic rings. The third-order valence-electron chi connectivity index (χ3n) is 3.91. The van der Waals surface area contributed by atoms with Crippen LogP contribution in [-0.2, 0) is 0 Å². The van der Waals surface area contributed by atoms with Gasteiger partial charge in [-0.15, -0.1) is 0 Å². The van der Waals surface area contributed by atoms with Crippen molar-refractivity contribution in [1.29, 1.82) is 0 Å². The summed E-state index contributed by atoms with van der Waals surface area (Å²) in [6.07, 6.45) is 2.66. The van der Waals surface area contributed by atoms with Gasteiger partial charge in [-0.1, -0.05) is 0 Å². The Kier molecular flexibility index (Phi) is 5.59. The zero-order valence-electron chi connectivity index (χ0n) is 12.7. The maximum atomic E-state index is 10.7. The Morgan fingerprint density at radius 3 is 2.67 bits per heavy atom. The van der Waals surface area contributed by atoms with Crippen LogP contribution in [0.25, 0.3) is 0 Å². The summed E-state index contributed by atoms with van der Waals surface area (Å²) in [5, 5.41) is 12.2. The van der Waals surface area contributed by atoms with Gasteiger partial charge in [0.2, 0.25) is 0 Å². The fraction of sp³-hybridized carbons (Fsp3) is 0.562. The maximum absolute atomic E-state index is 10.7. The highest BCUT2D eigenvalue weighted by molar-refractivity contribution is 5.87. The molecule has 0 saturated heterocycles. The quantitative estimate of drug-likeness (QED) is 0.680. The van der Waals surface area contributed by atoms with Crippen LogP contribution in [0.3, 0.4) is 0 Å². The van der Waals surface area contributed by atoms with Crippen LogP contribution in [-0.4, -0.2) is 54.8 Å². The number of hydrogen-bond donors (Lipinski definition) is 2. The summed E-state index contributed by atoms with van der Waals surface area (Å²) in [5.41, 5.74) is 0.275. The van der Waals surface area contributed by atoms with Gasteiger partial charge in [0.1, 0.15) is 12.4 Å². The summed E-state index contributed by atoms with van der Waals surface area (Å²) in [7, 11) is 2.19. The highest BCUT2D eigenvalue weighted by Crippen LogP contribution is 2.26. The Morgan fingerprint density at radius 1 is 1.43 bits per heavy atom. The largest absolute Gasteiger partial charge is 0.492 e. The van der Waals surface area contributed by atoms with E-state index in [9.17, 15) is 4.79 Å². The van der Waals surface area contributed by atoms with Crippen LogP contribution < -0.4 is 10.1 Å². The molecule has 0 aliphatic heterocycles. The van der Waals surface area contributed by atoms with Crippen LogP contribution in [0.1, 0.15) is 30.1 Å². The van der Waals surface area contributed by atoms with E-state index in [0.29, 0.717) is 18.4 Å². The molecule has 5 heteroatoms. The van der Waals surface area contributed by atoms with Gasteiger partial charge in [0.25, 0.3) is 0 Å². The average molecular weight is 292 g/mol. The number of carboxylic acid groups (broad SMARTS) is 1. The topological polar surface area (TPSA) is 61.8 Å². The number of likely N-dealkylation sites (N-methyl/N-ethyl adjacent to an activating group) is 1. The van der Waals surface area contributed by atoms with E-state index in [1.165, 1.54) is 12.8 Å². The number of benzene rings is 1. The van der Waals surface area contributed by atoms with Crippen LogP contribution in [0.5, 0.6) is 5.75 Å². The second-order valence-electron chi connectivity index (χ2n) is 5.63. The highest BCUT2D eigenvalue weighted by atomic mass is 16.5. The molecule has 1 atom stereocenters. The van der Waals surface area contributed by atoms with E-state index >= 15 is 0 Å². The summed E-state index contributed by atoms with van der Waals surface area (Å²) < 4.78 is 5.57. The zero-order valence-corrected chi connectivity index (χ0v) is 12.7. The molecule has 1 aliphatic carbocycles. The van der Waals surface area contributed by atoms with Crippen LogP contribution in [0.2, 0.25) is 0 Å². The summed E-state index contributed by atoms with van der Waals surface area (Å²) in [6, 6.07) is 7.80. The first-order chi connectivity index (χ1) is 10.1. The van der Waals surface area contributed by atoms with Crippen LogP contribution in [0.15, 0.2) is 24.3 Å². The Labute approximate surface area is 125 Å². The molecule has 21 heavy (non-hydrogen) atoms. The number of ether oxygens (including phenoxy) is 1. The molecule has 0 bridgehead atoms. The monoisotopic (exact) mass is 292 g/mol.